The van der Waals surface area contributed by atoms with Crippen LogP contribution in [0.5, 0.6) is 5.75 Å². The van der Waals surface area contributed by atoms with Crippen molar-refractivity contribution >= 4 is 9.84 Å². The van der Waals surface area contributed by atoms with Crippen LogP contribution in [-0.2, 0) is 9.84 Å². The summed E-state index contributed by atoms with van der Waals surface area (Å²) in [6.07, 6.45) is 4.21. The molecule has 2 atom stereocenters. The molecule has 0 bridgehead atoms. The Kier molecular flexibility index (Phi) is 5.05. The molecule has 0 aliphatic heterocycles. The number of hydrogen-bond acceptors (Lipinski definition) is 4. The van der Waals surface area contributed by atoms with E-state index in [1.165, 1.54) is 6.42 Å². The lowest BCUT2D eigenvalue weighted by Crippen LogP contribution is -2.30. The summed E-state index contributed by atoms with van der Waals surface area (Å²) in [6, 6.07) is 7.11. The SMILES string of the molecule is CNC1CCCC1CCS(=O)(=O)c1ccc(OC)cc1. The Bertz CT molecular complexity index is 525. The van der Waals surface area contributed by atoms with Crippen molar-refractivity contribution in [2.24, 2.45) is 5.92 Å². The van der Waals surface area contributed by atoms with Crippen molar-refractivity contribution in [1.82, 2.24) is 5.32 Å². The van der Waals surface area contributed by atoms with E-state index >= 15 is 0 Å². The minimum absolute atomic E-state index is 0.224. The van der Waals surface area contributed by atoms with Gasteiger partial charge in [-0.05, 0) is 56.5 Å². The minimum atomic E-state index is -3.19. The Morgan fingerprint density at radius 3 is 2.55 bits per heavy atom. The third-order valence-corrected chi connectivity index (χ3v) is 5.97. The van der Waals surface area contributed by atoms with Crippen molar-refractivity contribution in [3.63, 3.8) is 0 Å². The molecule has 112 valence electrons. The van der Waals surface area contributed by atoms with Gasteiger partial charge >= 0.3 is 0 Å². The van der Waals surface area contributed by atoms with E-state index in [0.717, 1.165) is 19.3 Å². The molecule has 2 rings (SSSR count). The Morgan fingerprint density at radius 1 is 1.25 bits per heavy atom. The van der Waals surface area contributed by atoms with Crippen molar-refractivity contribution in [3.05, 3.63) is 24.3 Å². The summed E-state index contributed by atoms with van der Waals surface area (Å²) in [5.41, 5.74) is 0. The first-order valence-electron chi connectivity index (χ1n) is 7.11. The van der Waals surface area contributed by atoms with Gasteiger partial charge in [-0.1, -0.05) is 6.42 Å². The fourth-order valence-electron chi connectivity index (χ4n) is 2.97. The average Bonchev–Trinajstić information content (AvgIpc) is 2.93. The highest BCUT2D eigenvalue weighted by Crippen LogP contribution is 2.29. The zero-order valence-corrected chi connectivity index (χ0v) is 12.9. The zero-order chi connectivity index (χ0) is 14.6. The molecule has 1 aromatic carbocycles. The van der Waals surface area contributed by atoms with Gasteiger partial charge < -0.3 is 10.1 Å². The highest BCUT2D eigenvalue weighted by molar-refractivity contribution is 7.91. The summed E-state index contributed by atoms with van der Waals surface area (Å²) in [5, 5.41) is 3.29. The first-order valence-corrected chi connectivity index (χ1v) is 8.76. The van der Waals surface area contributed by atoms with Gasteiger partial charge in [0, 0.05) is 6.04 Å². The molecular weight excluding hydrogens is 274 g/mol. The van der Waals surface area contributed by atoms with Crippen molar-refractivity contribution in [2.75, 3.05) is 19.9 Å². The number of benzene rings is 1. The van der Waals surface area contributed by atoms with E-state index in [1.54, 1.807) is 31.4 Å². The van der Waals surface area contributed by atoms with Crippen LogP contribution < -0.4 is 10.1 Å². The highest BCUT2D eigenvalue weighted by Gasteiger charge is 2.27. The predicted octanol–water partition coefficient (Wildman–Crippen LogP) is 2.25. The van der Waals surface area contributed by atoms with Crippen LogP contribution in [0.4, 0.5) is 0 Å². The van der Waals surface area contributed by atoms with Crippen LogP contribution in [0.1, 0.15) is 25.7 Å². The maximum atomic E-state index is 12.3. The van der Waals surface area contributed by atoms with Crippen LogP contribution in [0.3, 0.4) is 0 Å². The Morgan fingerprint density at radius 2 is 1.95 bits per heavy atom. The summed E-state index contributed by atoms with van der Waals surface area (Å²) < 4.78 is 29.7. The van der Waals surface area contributed by atoms with E-state index in [2.05, 4.69) is 5.32 Å². The minimum Gasteiger partial charge on any atom is -0.497 e. The van der Waals surface area contributed by atoms with Crippen LogP contribution in [-0.4, -0.2) is 34.4 Å². The molecular formula is C15H23NO3S. The van der Waals surface area contributed by atoms with Gasteiger partial charge in [0.05, 0.1) is 17.8 Å². The van der Waals surface area contributed by atoms with Gasteiger partial charge in [0.25, 0.3) is 0 Å². The number of rotatable bonds is 6. The summed E-state index contributed by atoms with van der Waals surface area (Å²) in [4.78, 5) is 0.386. The molecule has 0 saturated heterocycles. The zero-order valence-electron chi connectivity index (χ0n) is 12.1. The normalized spacial score (nSPS) is 22.9. The van der Waals surface area contributed by atoms with Gasteiger partial charge in [-0.2, -0.15) is 0 Å². The number of hydrogen-bond donors (Lipinski definition) is 1. The smallest absolute Gasteiger partial charge is 0.178 e. The van der Waals surface area contributed by atoms with Gasteiger partial charge in [0.2, 0.25) is 0 Å². The van der Waals surface area contributed by atoms with Gasteiger partial charge in [0.1, 0.15) is 5.75 Å². The van der Waals surface area contributed by atoms with E-state index in [0.29, 0.717) is 22.6 Å². The lowest BCUT2D eigenvalue weighted by Gasteiger charge is -2.18. The third kappa shape index (κ3) is 3.52. The molecule has 0 radical (unpaired) electrons. The van der Waals surface area contributed by atoms with Gasteiger partial charge in [-0.25, -0.2) is 8.42 Å². The van der Waals surface area contributed by atoms with Crippen LogP contribution in [0.25, 0.3) is 0 Å². The molecule has 0 aromatic heterocycles. The number of sulfone groups is 1. The molecule has 0 spiro atoms. The molecule has 20 heavy (non-hydrogen) atoms. The van der Waals surface area contributed by atoms with Crippen molar-refractivity contribution in [1.29, 1.82) is 0 Å². The summed E-state index contributed by atoms with van der Waals surface area (Å²) in [6.45, 7) is 0. The van der Waals surface area contributed by atoms with Crippen LogP contribution in [0.2, 0.25) is 0 Å². The first-order chi connectivity index (χ1) is 9.56. The maximum Gasteiger partial charge on any atom is 0.178 e. The molecule has 5 heteroatoms. The van der Waals surface area contributed by atoms with Crippen LogP contribution >= 0.6 is 0 Å². The molecule has 0 heterocycles. The highest BCUT2D eigenvalue weighted by atomic mass is 32.2. The van der Waals surface area contributed by atoms with E-state index in [1.807, 2.05) is 7.05 Å². The maximum absolute atomic E-state index is 12.3. The fraction of sp³-hybridized carbons (Fsp3) is 0.600. The molecule has 1 aliphatic carbocycles. The molecule has 1 aliphatic rings. The van der Waals surface area contributed by atoms with E-state index in [-0.39, 0.29) is 5.75 Å². The van der Waals surface area contributed by atoms with Crippen LogP contribution in [0, 0.1) is 5.92 Å². The largest absolute Gasteiger partial charge is 0.497 e. The summed E-state index contributed by atoms with van der Waals surface area (Å²) in [5.74, 6) is 1.38. The van der Waals surface area contributed by atoms with E-state index in [9.17, 15) is 8.42 Å². The fourth-order valence-corrected chi connectivity index (χ4v) is 4.37. The Labute approximate surface area is 121 Å². The Balaban J connectivity index is 1.99. The average molecular weight is 297 g/mol. The topological polar surface area (TPSA) is 55.4 Å². The lowest BCUT2D eigenvalue weighted by atomic mass is 10.0. The number of nitrogens with one attached hydrogen (secondary N) is 1. The Hall–Kier alpha value is -1.07. The predicted molar refractivity (Wildman–Crippen MR) is 79.9 cm³/mol. The standard InChI is InChI=1S/C15H23NO3S/c1-16-15-5-3-4-12(15)10-11-20(17,18)14-8-6-13(19-2)7-9-14/h6-9,12,15-16H,3-5,10-11H2,1-2H3. The molecule has 4 nitrogen and oxygen atoms in total. The lowest BCUT2D eigenvalue weighted by molar-refractivity contribution is 0.413. The van der Waals surface area contributed by atoms with E-state index < -0.39 is 9.84 Å². The van der Waals surface area contributed by atoms with Gasteiger partial charge in [0.15, 0.2) is 9.84 Å². The number of methoxy groups -OCH3 is 1. The van der Waals surface area contributed by atoms with Gasteiger partial charge in [-0.15, -0.1) is 0 Å². The first kappa shape index (κ1) is 15.3. The second kappa shape index (κ2) is 6.59. The van der Waals surface area contributed by atoms with E-state index in [4.69, 9.17) is 4.74 Å². The summed E-state index contributed by atoms with van der Waals surface area (Å²) in [7, 11) is 0.342. The third-order valence-electron chi connectivity index (χ3n) is 4.21. The summed E-state index contributed by atoms with van der Waals surface area (Å²) >= 11 is 0. The molecule has 2 unspecified atom stereocenters. The monoisotopic (exact) mass is 297 g/mol. The quantitative estimate of drug-likeness (QED) is 0.875. The molecule has 1 fully saturated rings. The molecule has 1 aromatic rings. The second-order valence-electron chi connectivity index (χ2n) is 5.37. The van der Waals surface area contributed by atoms with Crippen molar-refractivity contribution < 1.29 is 13.2 Å². The molecule has 0 amide bonds. The van der Waals surface area contributed by atoms with Gasteiger partial charge in [-0.3, -0.25) is 0 Å². The number of ether oxygens (including phenoxy) is 1. The molecule has 1 N–H and O–H groups in total. The molecule has 1 saturated carbocycles. The van der Waals surface area contributed by atoms with Crippen molar-refractivity contribution in [3.8, 4) is 5.75 Å². The second-order valence-corrected chi connectivity index (χ2v) is 7.48. The van der Waals surface area contributed by atoms with Crippen molar-refractivity contribution in [2.45, 2.75) is 36.6 Å². The van der Waals surface area contributed by atoms with Crippen LogP contribution in [0.15, 0.2) is 29.2 Å².